The topological polar surface area (TPSA) is 73.9 Å². The van der Waals surface area contributed by atoms with Crippen LogP contribution in [0.3, 0.4) is 0 Å². The molecule has 0 unspecified atom stereocenters. The zero-order valence-corrected chi connectivity index (χ0v) is 12.4. The van der Waals surface area contributed by atoms with Crippen molar-refractivity contribution in [3.8, 4) is 12.1 Å². The average Bonchev–Trinajstić information content (AvgIpc) is 2.57. The number of hydrogen-bond donors (Lipinski definition) is 0. The van der Waals surface area contributed by atoms with Gasteiger partial charge in [0.2, 0.25) is 0 Å². The Bertz CT molecular complexity index is 848. The molecule has 0 saturated heterocycles. The summed E-state index contributed by atoms with van der Waals surface area (Å²) in [6.45, 7) is 1.37. The summed E-state index contributed by atoms with van der Waals surface area (Å²) in [4.78, 5) is 11.5. The number of carbonyl (C=O) groups is 1. The highest BCUT2D eigenvalue weighted by Crippen LogP contribution is 2.44. The van der Waals surface area contributed by atoms with Crippen molar-refractivity contribution >= 4 is 11.5 Å². The fourth-order valence-electron chi connectivity index (χ4n) is 2.92. The minimum atomic E-state index is -0.540. The van der Waals surface area contributed by atoms with E-state index >= 15 is 0 Å². The lowest BCUT2D eigenvalue weighted by Gasteiger charge is -2.29. The van der Waals surface area contributed by atoms with Crippen LogP contribution in [-0.4, -0.2) is 5.97 Å². The zero-order chi connectivity index (χ0) is 16.4. The summed E-state index contributed by atoms with van der Waals surface area (Å²) in [6.07, 6.45) is -0.540. The van der Waals surface area contributed by atoms with E-state index in [0.29, 0.717) is 5.57 Å². The Hall–Kier alpha value is -3.37. The SMILES string of the molecule is CC(=O)OC1c2ccccc2C(=C(C#N)C#N)c2ccccc21. The highest BCUT2D eigenvalue weighted by Gasteiger charge is 2.32. The first-order valence-corrected chi connectivity index (χ1v) is 7.07. The molecule has 4 heteroatoms. The third-order valence-electron chi connectivity index (χ3n) is 3.78. The number of benzene rings is 2. The Balaban J connectivity index is 2.38. The lowest BCUT2D eigenvalue weighted by atomic mass is 9.78. The first-order valence-electron chi connectivity index (χ1n) is 7.07. The normalized spacial score (nSPS) is 14.7. The van der Waals surface area contributed by atoms with Crippen molar-refractivity contribution in [2.24, 2.45) is 0 Å². The number of esters is 1. The Morgan fingerprint density at radius 2 is 1.43 bits per heavy atom. The van der Waals surface area contributed by atoms with E-state index in [9.17, 15) is 15.3 Å². The molecule has 0 bridgehead atoms. The molecule has 110 valence electrons. The molecular weight excluding hydrogens is 288 g/mol. The van der Waals surface area contributed by atoms with Crippen LogP contribution in [-0.2, 0) is 9.53 Å². The average molecular weight is 300 g/mol. The number of allylic oxidation sites excluding steroid dienone is 1. The lowest BCUT2D eigenvalue weighted by molar-refractivity contribution is -0.144. The van der Waals surface area contributed by atoms with Gasteiger partial charge in [-0.1, -0.05) is 48.5 Å². The van der Waals surface area contributed by atoms with Gasteiger partial charge in [0.25, 0.3) is 0 Å². The maximum Gasteiger partial charge on any atom is 0.303 e. The number of carbonyl (C=O) groups excluding carboxylic acids is 1. The van der Waals surface area contributed by atoms with Gasteiger partial charge < -0.3 is 4.74 Å². The summed E-state index contributed by atoms with van der Waals surface area (Å²) >= 11 is 0. The van der Waals surface area contributed by atoms with Crippen LogP contribution in [0.2, 0.25) is 0 Å². The van der Waals surface area contributed by atoms with Crippen LogP contribution in [0.25, 0.3) is 5.57 Å². The standard InChI is InChI=1S/C19H12N2O2/c1-12(22)23-19-16-8-4-2-6-14(16)18(13(10-20)11-21)15-7-3-5-9-17(15)19/h2-9,19H,1H3. The Labute approximate surface area is 133 Å². The van der Waals surface area contributed by atoms with Crippen LogP contribution in [0.4, 0.5) is 0 Å². The van der Waals surface area contributed by atoms with Gasteiger partial charge in [-0.05, 0) is 11.1 Å². The van der Waals surface area contributed by atoms with Gasteiger partial charge in [-0.3, -0.25) is 4.79 Å². The van der Waals surface area contributed by atoms with Gasteiger partial charge in [0.15, 0.2) is 6.10 Å². The van der Waals surface area contributed by atoms with Crippen LogP contribution in [0, 0.1) is 22.7 Å². The first kappa shape index (κ1) is 14.6. The molecule has 3 rings (SSSR count). The van der Waals surface area contributed by atoms with Crippen LogP contribution in [0.5, 0.6) is 0 Å². The number of rotatable bonds is 1. The summed E-state index contributed by atoms with van der Waals surface area (Å²) in [7, 11) is 0. The van der Waals surface area contributed by atoms with Crippen molar-refractivity contribution < 1.29 is 9.53 Å². The highest BCUT2D eigenvalue weighted by molar-refractivity contribution is 5.91. The van der Waals surface area contributed by atoms with Crippen LogP contribution < -0.4 is 0 Å². The van der Waals surface area contributed by atoms with Gasteiger partial charge in [0, 0.05) is 23.6 Å². The fourth-order valence-corrected chi connectivity index (χ4v) is 2.92. The van der Waals surface area contributed by atoms with E-state index < -0.39 is 6.10 Å². The molecule has 0 amide bonds. The maximum absolute atomic E-state index is 11.5. The molecule has 1 aliphatic carbocycles. The number of nitriles is 2. The second-order valence-electron chi connectivity index (χ2n) is 5.14. The largest absolute Gasteiger partial charge is 0.453 e. The van der Waals surface area contributed by atoms with E-state index in [1.54, 1.807) is 0 Å². The smallest absolute Gasteiger partial charge is 0.303 e. The number of ether oxygens (including phenoxy) is 1. The molecule has 0 aromatic heterocycles. The first-order chi connectivity index (χ1) is 11.2. The van der Waals surface area contributed by atoms with Crippen LogP contribution >= 0.6 is 0 Å². The molecule has 0 atom stereocenters. The summed E-state index contributed by atoms with van der Waals surface area (Å²) in [5, 5.41) is 18.7. The molecule has 0 spiro atoms. The second kappa shape index (κ2) is 5.79. The Morgan fingerprint density at radius 1 is 0.957 bits per heavy atom. The predicted molar refractivity (Wildman–Crippen MR) is 83.7 cm³/mol. The summed E-state index contributed by atoms with van der Waals surface area (Å²) in [5.41, 5.74) is 3.68. The maximum atomic E-state index is 11.5. The number of fused-ring (bicyclic) bond motifs is 2. The van der Waals surface area contributed by atoms with E-state index in [2.05, 4.69) is 0 Å². The quantitative estimate of drug-likeness (QED) is 0.596. The van der Waals surface area contributed by atoms with Gasteiger partial charge in [-0.25, -0.2) is 0 Å². The van der Waals surface area contributed by atoms with Crippen molar-refractivity contribution in [2.45, 2.75) is 13.0 Å². The van der Waals surface area contributed by atoms with Crippen LogP contribution in [0.15, 0.2) is 54.1 Å². The predicted octanol–water partition coefficient (Wildman–Crippen LogP) is 3.50. The molecule has 4 nitrogen and oxygen atoms in total. The molecule has 0 fully saturated rings. The van der Waals surface area contributed by atoms with Crippen molar-refractivity contribution in [2.75, 3.05) is 0 Å². The van der Waals surface area contributed by atoms with Gasteiger partial charge in [0.1, 0.15) is 17.7 Å². The summed E-state index contributed by atoms with van der Waals surface area (Å²) in [5.74, 6) is -0.382. The van der Waals surface area contributed by atoms with Crippen LogP contribution in [0.1, 0.15) is 35.3 Å². The van der Waals surface area contributed by atoms with Crippen molar-refractivity contribution in [1.29, 1.82) is 10.5 Å². The molecule has 2 aromatic rings. The zero-order valence-electron chi connectivity index (χ0n) is 12.4. The minimum absolute atomic E-state index is 0.0474. The van der Waals surface area contributed by atoms with E-state index in [0.717, 1.165) is 22.3 Å². The molecule has 0 saturated carbocycles. The van der Waals surface area contributed by atoms with Crippen molar-refractivity contribution in [1.82, 2.24) is 0 Å². The summed E-state index contributed by atoms with van der Waals surface area (Å²) < 4.78 is 5.51. The monoisotopic (exact) mass is 300 g/mol. The van der Waals surface area contributed by atoms with E-state index in [1.165, 1.54) is 6.92 Å². The number of nitrogens with zero attached hydrogens (tertiary/aromatic N) is 2. The van der Waals surface area contributed by atoms with E-state index in [-0.39, 0.29) is 11.5 Å². The molecule has 2 aromatic carbocycles. The minimum Gasteiger partial charge on any atom is -0.453 e. The van der Waals surface area contributed by atoms with Crippen molar-refractivity contribution in [3.05, 3.63) is 76.4 Å². The Kier molecular flexibility index (Phi) is 3.66. The third kappa shape index (κ3) is 2.37. The molecule has 0 radical (unpaired) electrons. The fraction of sp³-hybridized carbons (Fsp3) is 0.105. The Morgan fingerprint density at radius 3 is 1.87 bits per heavy atom. The molecular formula is C19H12N2O2. The molecule has 1 aliphatic rings. The second-order valence-corrected chi connectivity index (χ2v) is 5.14. The van der Waals surface area contributed by atoms with E-state index in [4.69, 9.17) is 4.74 Å². The molecule has 0 N–H and O–H groups in total. The molecule has 0 aliphatic heterocycles. The molecule has 0 heterocycles. The van der Waals surface area contributed by atoms with Gasteiger partial charge in [-0.2, -0.15) is 10.5 Å². The van der Waals surface area contributed by atoms with Gasteiger partial charge >= 0.3 is 5.97 Å². The third-order valence-corrected chi connectivity index (χ3v) is 3.78. The highest BCUT2D eigenvalue weighted by atomic mass is 16.5. The van der Waals surface area contributed by atoms with Crippen molar-refractivity contribution in [3.63, 3.8) is 0 Å². The van der Waals surface area contributed by atoms with Gasteiger partial charge in [-0.15, -0.1) is 0 Å². The lowest BCUT2D eigenvalue weighted by Crippen LogP contribution is -2.18. The van der Waals surface area contributed by atoms with E-state index in [1.807, 2.05) is 60.7 Å². The summed E-state index contributed by atoms with van der Waals surface area (Å²) in [6, 6.07) is 18.7. The molecule has 23 heavy (non-hydrogen) atoms. The number of hydrogen-bond acceptors (Lipinski definition) is 4. The van der Waals surface area contributed by atoms with Gasteiger partial charge in [0.05, 0.1) is 0 Å².